The summed E-state index contributed by atoms with van der Waals surface area (Å²) in [6.45, 7) is 2.03. The molecule has 1 saturated carbocycles. The Hall–Kier alpha value is -4.23. The molecule has 2 aliphatic rings. The van der Waals surface area contributed by atoms with Crippen molar-refractivity contribution in [3.63, 3.8) is 0 Å². The summed E-state index contributed by atoms with van der Waals surface area (Å²) in [4.78, 5) is 4.44. The minimum absolute atomic E-state index is 0.0305. The summed E-state index contributed by atoms with van der Waals surface area (Å²) >= 11 is 12.8. The highest BCUT2D eigenvalue weighted by Gasteiger charge is 2.55. The molecule has 5 aromatic rings. The molecule has 1 saturated heterocycles. The van der Waals surface area contributed by atoms with Crippen molar-refractivity contribution in [2.75, 3.05) is 23.7 Å². The van der Waals surface area contributed by atoms with Crippen LogP contribution in [0.25, 0.3) is 10.9 Å². The molecule has 0 radical (unpaired) electrons. The number of hydrogen-bond donors (Lipinski definition) is 3. The van der Waals surface area contributed by atoms with Crippen LogP contribution in [0.2, 0.25) is 10.0 Å². The molecule has 0 amide bonds. The van der Waals surface area contributed by atoms with Gasteiger partial charge in [0, 0.05) is 47.9 Å². The number of hydrogen-bond acceptors (Lipinski definition) is 7. The van der Waals surface area contributed by atoms with E-state index in [0.717, 1.165) is 24.3 Å². The summed E-state index contributed by atoms with van der Waals surface area (Å²) in [6, 6.07) is 20.2. The first-order chi connectivity index (χ1) is 20.0. The van der Waals surface area contributed by atoms with E-state index in [1.54, 1.807) is 12.1 Å². The molecule has 11 heteroatoms. The zero-order valence-corrected chi connectivity index (χ0v) is 23.0. The molecule has 3 heterocycles. The van der Waals surface area contributed by atoms with Gasteiger partial charge in [-0.15, -0.1) is 5.10 Å². The Labute approximate surface area is 245 Å². The molecule has 2 unspecified atom stereocenters. The summed E-state index contributed by atoms with van der Waals surface area (Å²) < 4.78 is 15.8. The Kier molecular flexibility index (Phi) is 6.47. The fourth-order valence-electron chi connectivity index (χ4n) is 5.77. The van der Waals surface area contributed by atoms with Crippen molar-refractivity contribution in [2.24, 2.45) is 11.8 Å². The molecule has 7 rings (SSSR count). The highest BCUT2D eigenvalue weighted by molar-refractivity contribution is 6.36. The van der Waals surface area contributed by atoms with Gasteiger partial charge in [-0.25, -0.2) is 9.07 Å². The van der Waals surface area contributed by atoms with Crippen molar-refractivity contribution in [2.45, 2.75) is 12.1 Å². The minimum Gasteiger partial charge on any atom is -0.373 e. The standard InChI is InChI=1S/C30H23Cl2FN8/c31-23-9-18(6-7-25(23)33)37-27-17(11-34)12-36-29-20(27)8-19(10-24(29)32)38-28(16-4-2-1-3-5-16)26-15-41(40-39-26)30-21-13-35-14-22(21)30/h1-10,12,15,21-22,28,30,35,38H,13-14H2,(H,36,37)/t21?,22?,28-,30?/m0/s1. The summed E-state index contributed by atoms with van der Waals surface area (Å²) in [7, 11) is 0. The maximum atomic E-state index is 13.8. The predicted octanol–water partition coefficient (Wildman–Crippen LogP) is 6.48. The Bertz CT molecular complexity index is 1810. The topological polar surface area (TPSA) is 103 Å². The van der Waals surface area contributed by atoms with Crippen molar-refractivity contribution in [1.82, 2.24) is 25.3 Å². The van der Waals surface area contributed by atoms with Crippen molar-refractivity contribution in [3.05, 3.63) is 106 Å². The van der Waals surface area contributed by atoms with Gasteiger partial charge in [0.25, 0.3) is 0 Å². The number of piperidine rings is 1. The number of rotatable bonds is 7. The van der Waals surface area contributed by atoms with E-state index in [4.69, 9.17) is 23.2 Å². The number of nitrogens with zero attached hydrogens (tertiary/aromatic N) is 5. The van der Waals surface area contributed by atoms with Crippen LogP contribution in [0.4, 0.5) is 21.5 Å². The van der Waals surface area contributed by atoms with E-state index in [9.17, 15) is 9.65 Å². The van der Waals surface area contributed by atoms with Crippen LogP contribution in [0.3, 0.4) is 0 Å². The smallest absolute Gasteiger partial charge is 0.141 e. The molecule has 2 aromatic heterocycles. The first kappa shape index (κ1) is 25.7. The van der Waals surface area contributed by atoms with Crippen molar-refractivity contribution < 1.29 is 4.39 Å². The molecule has 204 valence electrons. The van der Waals surface area contributed by atoms with Crippen LogP contribution in [0.5, 0.6) is 0 Å². The average molecular weight is 585 g/mol. The molecule has 0 bridgehead atoms. The number of benzene rings is 3. The summed E-state index contributed by atoms with van der Waals surface area (Å²) in [5, 5.41) is 30.1. The molecular formula is C30H23Cl2FN8. The zero-order chi connectivity index (χ0) is 28.1. The van der Waals surface area contributed by atoms with Crippen molar-refractivity contribution in [1.29, 1.82) is 5.26 Å². The number of aromatic nitrogens is 4. The van der Waals surface area contributed by atoms with E-state index in [1.807, 2.05) is 47.3 Å². The second-order valence-corrected chi connectivity index (χ2v) is 11.2. The summed E-state index contributed by atoms with van der Waals surface area (Å²) in [5.41, 5.74) is 4.33. The number of halogens is 3. The van der Waals surface area contributed by atoms with Gasteiger partial charge < -0.3 is 16.0 Å². The molecule has 8 nitrogen and oxygen atoms in total. The fourth-order valence-corrected chi connectivity index (χ4v) is 6.22. The summed E-state index contributed by atoms with van der Waals surface area (Å²) in [5.74, 6) is 0.684. The largest absolute Gasteiger partial charge is 0.373 e. The van der Waals surface area contributed by atoms with Gasteiger partial charge in [0.2, 0.25) is 0 Å². The maximum Gasteiger partial charge on any atom is 0.141 e. The predicted molar refractivity (Wildman–Crippen MR) is 157 cm³/mol. The molecule has 3 aromatic carbocycles. The fraction of sp³-hybridized carbons (Fsp3) is 0.200. The normalized spacial score (nSPS) is 19.9. The van der Waals surface area contributed by atoms with Crippen LogP contribution < -0.4 is 16.0 Å². The van der Waals surface area contributed by atoms with E-state index < -0.39 is 5.82 Å². The van der Waals surface area contributed by atoms with Crippen LogP contribution in [-0.4, -0.2) is 33.1 Å². The van der Waals surface area contributed by atoms with Crippen LogP contribution in [-0.2, 0) is 0 Å². The van der Waals surface area contributed by atoms with Crippen LogP contribution >= 0.6 is 23.2 Å². The van der Waals surface area contributed by atoms with E-state index >= 15 is 0 Å². The second-order valence-electron chi connectivity index (χ2n) is 10.4. The van der Waals surface area contributed by atoms with E-state index in [-0.39, 0.29) is 11.1 Å². The molecule has 1 aliphatic heterocycles. The Morgan fingerprint density at radius 2 is 1.80 bits per heavy atom. The molecule has 3 atom stereocenters. The third-order valence-electron chi connectivity index (χ3n) is 7.85. The quantitative estimate of drug-likeness (QED) is 0.201. The average Bonchev–Trinajstić information content (AvgIpc) is 3.31. The van der Waals surface area contributed by atoms with Crippen LogP contribution in [0, 0.1) is 29.0 Å². The maximum absolute atomic E-state index is 13.8. The SMILES string of the molecule is N#Cc1cnc2c(Cl)cc(N[C@@H](c3ccccc3)c3cn(C4C5CNCC54)nn3)cc2c1Nc1ccc(F)c(Cl)c1. The lowest BCUT2D eigenvalue weighted by Gasteiger charge is -2.20. The number of nitrogens with one attached hydrogen (secondary N) is 3. The van der Waals surface area contributed by atoms with Gasteiger partial charge in [-0.2, -0.15) is 5.26 Å². The van der Waals surface area contributed by atoms with E-state index in [1.165, 1.54) is 18.3 Å². The molecular weight excluding hydrogens is 562 g/mol. The third kappa shape index (κ3) is 4.74. The van der Waals surface area contributed by atoms with Gasteiger partial charge in [0.05, 0.1) is 45.1 Å². The monoisotopic (exact) mass is 584 g/mol. The Morgan fingerprint density at radius 3 is 2.56 bits per heavy atom. The first-order valence-electron chi connectivity index (χ1n) is 13.2. The van der Waals surface area contributed by atoms with Crippen molar-refractivity contribution in [3.8, 4) is 6.07 Å². The van der Waals surface area contributed by atoms with Gasteiger partial charge in [-0.1, -0.05) is 58.7 Å². The second kappa shape index (κ2) is 10.3. The van der Waals surface area contributed by atoms with Gasteiger partial charge in [-0.3, -0.25) is 4.98 Å². The van der Waals surface area contributed by atoms with Crippen LogP contribution in [0.1, 0.15) is 28.9 Å². The molecule has 41 heavy (non-hydrogen) atoms. The van der Waals surface area contributed by atoms with E-state index in [2.05, 4.69) is 37.3 Å². The number of pyridine rings is 1. The number of anilines is 3. The van der Waals surface area contributed by atoms with Crippen molar-refractivity contribution >= 4 is 51.2 Å². The lowest BCUT2D eigenvalue weighted by molar-refractivity contribution is 0.509. The summed E-state index contributed by atoms with van der Waals surface area (Å²) in [6.07, 6.45) is 3.49. The lowest BCUT2D eigenvalue weighted by Crippen LogP contribution is -2.17. The molecule has 1 aliphatic carbocycles. The Balaban J connectivity index is 1.28. The highest BCUT2D eigenvalue weighted by Crippen LogP contribution is 2.52. The Morgan fingerprint density at radius 1 is 1.02 bits per heavy atom. The van der Waals surface area contributed by atoms with E-state index in [0.29, 0.717) is 56.4 Å². The molecule has 3 N–H and O–H groups in total. The van der Waals surface area contributed by atoms with Gasteiger partial charge in [0.15, 0.2) is 0 Å². The number of nitriles is 1. The highest BCUT2D eigenvalue weighted by atomic mass is 35.5. The van der Waals surface area contributed by atoms with Gasteiger partial charge in [-0.05, 0) is 35.9 Å². The van der Waals surface area contributed by atoms with Gasteiger partial charge in [0.1, 0.15) is 17.6 Å². The zero-order valence-electron chi connectivity index (χ0n) is 21.5. The lowest BCUT2D eigenvalue weighted by atomic mass is 10.0. The minimum atomic E-state index is -0.530. The van der Waals surface area contributed by atoms with Gasteiger partial charge >= 0.3 is 0 Å². The third-order valence-corrected chi connectivity index (χ3v) is 8.43. The molecule has 0 spiro atoms. The first-order valence-corrected chi connectivity index (χ1v) is 13.9. The molecule has 2 fully saturated rings. The number of fused-ring (bicyclic) bond motifs is 2. The van der Waals surface area contributed by atoms with Crippen LogP contribution in [0.15, 0.2) is 73.1 Å².